The van der Waals surface area contributed by atoms with Crippen molar-refractivity contribution in [3.63, 3.8) is 0 Å². The summed E-state index contributed by atoms with van der Waals surface area (Å²) >= 11 is 1.75. The molecule has 1 aliphatic rings. The lowest BCUT2D eigenvalue weighted by Gasteiger charge is -2.19. The maximum absolute atomic E-state index is 11.3. The molecule has 1 unspecified atom stereocenters. The van der Waals surface area contributed by atoms with Crippen LogP contribution in [-0.4, -0.2) is 29.1 Å². The van der Waals surface area contributed by atoms with Crippen LogP contribution in [0.3, 0.4) is 0 Å². The second-order valence-electron chi connectivity index (χ2n) is 5.99. The summed E-state index contributed by atoms with van der Waals surface area (Å²) in [7, 11) is 0. The van der Waals surface area contributed by atoms with Crippen LogP contribution >= 0.6 is 11.3 Å². The Morgan fingerprint density at radius 1 is 1.33 bits per heavy atom. The average Bonchev–Trinajstić information content (AvgIpc) is 3.08. The number of hydrogen-bond acceptors (Lipinski definition) is 3. The molecule has 2 aromatic rings. The number of nitrogens with zero attached hydrogens (tertiary/aromatic N) is 1. The second kappa shape index (κ2) is 5.62. The first-order valence-electron chi connectivity index (χ1n) is 7.15. The summed E-state index contributed by atoms with van der Waals surface area (Å²) in [5.74, 6) is -0.679. The van der Waals surface area contributed by atoms with E-state index in [1.807, 2.05) is 25.1 Å². The van der Waals surface area contributed by atoms with Gasteiger partial charge in [-0.25, -0.2) is 0 Å². The molecule has 21 heavy (non-hydrogen) atoms. The highest BCUT2D eigenvalue weighted by Crippen LogP contribution is 2.33. The number of hydrogen-bond donors (Lipinski definition) is 1. The van der Waals surface area contributed by atoms with E-state index in [2.05, 4.69) is 28.5 Å². The quantitative estimate of drug-likeness (QED) is 0.936. The zero-order chi connectivity index (χ0) is 14.9. The average molecular weight is 301 g/mol. The number of carboxylic acid groups (broad SMARTS) is 1. The molecule has 110 valence electrons. The first-order valence-corrected chi connectivity index (χ1v) is 8.03. The van der Waals surface area contributed by atoms with Crippen molar-refractivity contribution in [2.45, 2.75) is 19.9 Å². The number of aliphatic carboxylic acids is 1. The predicted molar refractivity (Wildman–Crippen MR) is 85.4 cm³/mol. The van der Waals surface area contributed by atoms with E-state index in [-0.39, 0.29) is 0 Å². The molecule has 0 amide bonds. The fourth-order valence-electron chi connectivity index (χ4n) is 2.83. The maximum atomic E-state index is 11.3. The maximum Gasteiger partial charge on any atom is 0.310 e. The van der Waals surface area contributed by atoms with Crippen molar-refractivity contribution in [1.29, 1.82) is 0 Å². The molecule has 3 rings (SSSR count). The zero-order valence-corrected chi connectivity index (χ0v) is 12.9. The minimum atomic E-state index is -0.679. The Labute approximate surface area is 128 Å². The molecule has 1 saturated heterocycles. The number of likely N-dealkylation sites (tertiary alicyclic amines) is 1. The van der Waals surface area contributed by atoms with E-state index in [4.69, 9.17) is 0 Å². The number of rotatable bonds is 4. The molecule has 0 saturated carbocycles. The second-order valence-corrected chi connectivity index (χ2v) is 6.99. The van der Waals surface area contributed by atoms with Gasteiger partial charge in [-0.15, -0.1) is 11.3 Å². The van der Waals surface area contributed by atoms with Gasteiger partial charge in [0.15, 0.2) is 0 Å². The van der Waals surface area contributed by atoms with Gasteiger partial charge in [0.25, 0.3) is 0 Å². The van der Waals surface area contributed by atoms with Crippen LogP contribution in [0, 0.1) is 5.41 Å². The smallest absolute Gasteiger partial charge is 0.310 e. The van der Waals surface area contributed by atoms with Crippen molar-refractivity contribution in [1.82, 2.24) is 4.90 Å². The van der Waals surface area contributed by atoms with Gasteiger partial charge in [-0.2, -0.15) is 0 Å². The Morgan fingerprint density at radius 2 is 2.10 bits per heavy atom. The number of carboxylic acids is 1. The fourth-order valence-corrected chi connectivity index (χ4v) is 3.77. The van der Waals surface area contributed by atoms with Crippen LogP contribution in [0.2, 0.25) is 0 Å². The molecule has 4 heteroatoms. The third kappa shape index (κ3) is 3.01. The van der Waals surface area contributed by atoms with Gasteiger partial charge in [0, 0.05) is 18.0 Å². The van der Waals surface area contributed by atoms with Crippen molar-refractivity contribution < 1.29 is 9.90 Å². The van der Waals surface area contributed by atoms with E-state index in [0.29, 0.717) is 6.54 Å². The largest absolute Gasteiger partial charge is 0.481 e. The van der Waals surface area contributed by atoms with Gasteiger partial charge in [-0.3, -0.25) is 9.69 Å². The van der Waals surface area contributed by atoms with Crippen molar-refractivity contribution in [3.05, 3.63) is 46.7 Å². The molecule has 3 nitrogen and oxygen atoms in total. The Balaban J connectivity index is 1.68. The van der Waals surface area contributed by atoms with E-state index >= 15 is 0 Å². The van der Waals surface area contributed by atoms with Crippen LogP contribution in [0.1, 0.15) is 18.2 Å². The van der Waals surface area contributed by atoms with Gasteiger partial charge in [0.05, 0.1) is 5.41 Å². The van der Waals surface area contributed by atoms with Crippen LogP contribution in [0.25, 0.3) is 11.1 Å². The van der Waals surface area contributed by atoms with Gasteiger partial charge in [-0.05, 0) is 42.5 Å². The summed E-state index contributed by atoms with van der Waals surface area (Å²) in [5.41, 5.74) is 1.90. The van der Waals surface area contributed by atoms with Crippen LogP contribution in [-0.2, 0) is 11.3 Å². The number of benzene rings is 1. The van der Waals surface area contributed by atoms with Crippen molar-refractivity contribution in [3.8, 4) is 11.1 Å². The molecule has 2 heterocycles. The molecular formula is C17H19NO2S. The summed E-state index contributed by atoms with van der Waals surface area (Å²) in [4.78, 5) is 14.8. The van der Waals surface area contributed by atoms with Crippen molar-refractivity contribution in [2.24, 2.45) is 5.41 Å². The minimum Gasteiger partial charge on any atom is -0.481 e. The summed E-state index contributed by atoms with van der Waals surface area (Å²) in [6.45, 7) is 4.20. The van der Waals surface area contributed by atoms with Crippen LogP contribution in [0.15, 0.2) is 41.8 Å². The molecule has 1 aliphatic heterocycles. The Kier molecular flexibility index (Phi) is 3.83. The monoisotopic (exact) mass is 301 g/mol. The van der Waals surface area contributed by atoms with E-state index in [1.165, 1.54) is 16.0 Å². The standard InChI is InChI=1S/C17H19NO2S/c1-17(16(19)20)7-8-18(12-17)10-15-9-14(11-21-15)13-5-3-2-4-6-13/h2-6,9,11H,7-8,10,12H2,1H3,(H,19,20). The van der Waals surface area contributed by atoms with Crippen molar-refractivity contribution in [2.75, 3.05) is 13.1 Å². The minimum absolute atomic E-state index is 0.584. The third-order valence-corrected chi connectivity index (χ3v) is 5.13. The molecule has 1 aromatic carbocycles. The normalized spacial score (nSPS) is 22.5. The molecule has 0 radical (unpaired) electrons. The zero-order valence-electron chi connectivity index (χ0n) is 12.1. The Bertz CT molecular complexity index is 637. The van der Waals surface area contributed by atoms with Crippen LogP contribution in [0.5, 0.6) is 0 Å². The van der Waals surface area contributed by atoms with E-state index in [9.17, 15) is 9.90 Å². The van der Waals surface area contributed by atoms with E-state index in [0.717, 1.165) is 19.5 Å². The summed E-state index contributed by atoms with van der Waals surface area (Å²) in [5, 5.41) is 11.5. The highest BCUT2D eigenvalue weighted by Gasteiger charge is 2.40. The highest BCUT2D eigenvalue weighted by molar-refractivity contribution is 7.10. The van der Waals surface area contributed by atoms with E-state index < -0.39 is 11.4 Å². The first-order chi connectivity index (χ1) is 10.1. The lowest BCUT2D eigenvalue weighted by molar-refractivity contribution is -0.147. The highest BCUT2D eigenvalue weighted by atomic mass is 32.1. The fraction of sp³-hybridized carbons (Fsp3) is 0.353. The molecule has 0 bridgehead atoms. The van der Waals surface area contributed by atoms with Crippen molar-refractivity contribution >= 4 is 17.3 Å². The van der Waals surface area contributed by atoms with Gasteiger partial charge >= 0.3 is 5.97 Å². The summed E-state index contributed by atoms with van der Waals surface area (Å²) in [6.07, 6.45) is 0.735. The van der Waals surface area contributed by atoms with Gasteiger partial charge in [-0.1, -0.05) is 30.3 Å². The lowest BCUT2D eigenvalue weighted by atomic mass is 9.90. The molecule has 1 N–H and O–H groups in total. The molecule has 1 fully saturated rings. The number of thiophene rings is 1. The van der Waals surface area contributed by atoms with Crippen LogP contribution < -0.4 is 0 Å². The first kappa shape index (κ1) is 14.3. The Morgan fingerprint density at radius 3 is 2.76 bits per heavy atom. The summed E-state index contributed by atoms with van der Waals surface area (Å²) < 4.78 is 0. The van der Waals surface area contributed by atoms with Gasteiger partial charge in [0.2, 0.25) is 0 Å². The van der Waals surface area contributed by atoms with E-state index in [1.54, 1.807) is 11.3 Å². The molecule has 0 aliphatic carbocycles. The SMILES string of the molecule is CC1(C(=O)O)CCN(Cc2cc(-c3ccccc3)cs2)C1. The molecule has 1 atom stereocenters. The van der Waals surface area contributed by atoms with Gasteiger partial charge < -0.3 is 5.11 Å². The van der Waals surface area contributed by atoms with Crippen LogP contribution in [0.4, 0.5) is 0 Å². The topological polar surface area (TPSA) is 40.5 Å². The molecule has 0 spiro atoms. The predicted octanol–water partition coefficient (Wildman–Crippen LogP) is 3.71. The van der Waals surface area contributed by atoms with Gasteiger partial charge in [0.1, 0.15) is 0 Å². The molecule has 1 aromatic heterocycles. The third-order valence-electron chi connectivity index (χ3n) is 4.21. The summed E-state index contributed by atoms with van der Waals surface area (Å²) in [6, 6.07) is 12.6. The number of carbonyl (C=O) groups is 1. The Hall–Kier alpha value is -1.65. The lowest BCUT2D eigenvalue weighted by Crippen LogP contribution is -2.31. The molecular weight excluding hydrogens is 282 g/mol.